The third-order valence-electron chi connectivity index (χ3n) is 2.59. The molecule has 0 spiro atoms. The summed E-state index contributed by atoms with van der Waals surface area (Å²) in [5.74, 6) is 0. The van der Waals surface area contributed by atoms with Gasteiger partial charge in [-0.2, -0.15) is 5.26 Å². The lowest BCUT2D eigenvalue weighted by molar-refractivity contribution is -0.0339. The van der Waals surface area contributed by atoms with Gasteiger partial charge in [-0.3, -0.25) is 4.90 Å². The number of hydrogen-bond acceptors (Lipinski definition) is 3. The third-order valence-corrected chi connectivity index (χ3v) is 2.59. The first-order chi connectivity index (χ1) is 6.27. The summed E-state index contributed by atoms with van der Waals surface area (Å²) in [6, 6.07) is 2.68. The summed E-state index contributed by atoms with van der Waals surface area (Å²) in [7, 11) is 0. The average Bonchev–Trinajstić information content (AvgIpc) is 2.14. The van der Waals surface area contributed by atoms with E-state index in [0.29, 0.717) is 18.6 Å². The Morgan fingerprint density at radius 3 is 3.00 bits per heavy atom. The maximum Gasteiger partial charge on any atom is 0.0674 e. The number of nitriles is 1. The van der Waals surface area contributed by atoms with Crippen molar-refractivity contribution in [2.75, 3.05) is 19.7 Å². The van der Waals surface area contributed by atoms with E-state index in [1.54, 1.807) is 0 Å². The summed E-state index contributed by atoms with van der Waals surface area (Å²) in [5, 5.41) is 8.66. The molecule has 1 aliphatic heterocycles. The summed E-state index contributed by atoms with van der Waals surface area (Å²) in [5.41, 5.74) is 0. The van der Waals surface area contributed by atoms with Crippen LogP contribution in [-0.2, 0) is 4.74 Å². The van der Waals surface area contributed by atoms with Gasteiger partial charge in [-0.05, 0) is 13.3 Å². The maximum absolute atomic E-state index is 8.66. The van der Waals surface area contributed by atoms with E-state index in [1.807, 2.05) is 0 Å². The van der Waals surface area contributed by atoms with Crippen LogP contribution in [-0.4, -0.2) is 36.7 Å². The molecule has 0 N–H and O–H groups in total. The van der Waals surface area contributed by atoms with Crippen molar-refractivity contribution in [2.24, 2.45) is 0 Å². The molecule has 0 bridgehead atoms. The van der Waals surface area contributed by atoms with Crippen molar-refractivity contribution in [1.82, 2.24) is 4.90 Å². The largest absolute Gasteiger partial charge is 0.376 e. The Morgan fingerprint density at radius 2 is 2.46 bits per heavy atom. The van der Waals surface area contributed by atoms with E-state index >= 15 is 0 Å². The minimum absolute atomic E-state index is 0.321. The van der Waals surface area contributed by atoms with Gasteiger partial charge in [0.2, 0.25) is 0 Å². The summed E-state index contributed by atoms with van der Waals surface area (Å²) >= 11 is 0. The highest BCUT2D eigenvalue weighted by atomic mass is 16.5. The van der Waals surface area contributed by atoms with Crippen LogP contribution in [0.1, 0.15) is 26.7 Å². The lowest BCUT2D eigenvalue weighted by atomic mass is 10.1. The van der Waals surface area contributed by atoms with Crippen molar-refractivity contribution < 1.29 is 4.74 Å². The van der Waals surface area contributed by atoms with E-state index in [9.17, 15) is 0 Å². The predicted molar refractivity (Wildman–Crippen MR) is 51.3 cm³/mol. The van der Waals surface area contributed by atoms with Crippen LogP contribution in [0.5, 0.6) is 0 Å². The van der Waals surface area contributed by atoms with Crippen molar-refractivity contribution >= 4 is 0 Å². The van der Waals surface area contributed by atoms with Crippen LogP contribution in [0.25, 0.3) is 0 Å². The molecule has 0 radical (unpaired) electrons. The summed E-state index contributed by atoms with van der Waals surface area (Å²) in [6.45, 7) is 6.99. The topological polar surface area (TPSA) is 36.3 Å². The second-order valence-electron chi connectivity index (χ2n) is 3.60. The van der Waals surface area contributed by atoms with Gasteiger partial charge >= 0.3 is 0 Å². The Balaban J connectivity index is 2.43. The van der Waals surface area contributed by atoms with Gasteiger partial charge in [-0.25, -0.2) is 0 Å². The SMILES string of the molecule is CCC(CC#N)N1CCOC(C)C1. The van der Waals surface area contributed by atoms with E-state index in [1.165, 1.54) is 0 Å². The van der Waals surface area contributed by atoms with Crippen molar-refractivity contribution in [3.63, 3.8) is 0 Å². The molecular formula is C10H18N2O. The Bertz CT molecular complexity index is 188. The van der Waals surface area contributed by atoms with Crippen molar-refractivity contribution in [3.8, 4) is 6.07 Å². The van der Waals surface area contributed by atoms with Gasteiger partial charge in [0.05, 0.1) is 25.2 Å². The molecule has 0 aliphatic carbocycles. The molecule has 13 heavy (non-hydrogen) atoms. The molecule has 1 aliphatic rings. The second kappa shape index (κ2) is 5.21. The molecule has 3 nitrogen and oxygen atoms in total. The highest BCUT2D eigenvalue weighted by molar-refractivity contribution is 4.84. The molecule has 2 unspecified atom stereocenters. The first kappa shape index (κ1) is 10.5. The number of hydrogen-bond donors (Lipinski definition) is 0. The summed E-state index contributed by atoms with van der Waals surface area (Å²) in [4.78, 5) is 2.37. The molecule has 0 aromatic rings. The van der Waals surface area contributed by atoms with Gasteiger partial charge in [0.15, 0.2) is 0 Å². The molecule has 2 atom stereocenters. The summed E-state index contributed by atoms with van der Waals surface area (Å²) in [6.07, 6.45) is 2.02. The first-order valence-corrected chi connectivity index (χ1v) is 5.00. The quantitative estimate of drug-likeness (QED) is 0.662. The van der Waals surface area contributed by atoms with Crippen molar-refractivity contribution in [2.45, 2.75) is 38.8 Å². The standard InChI is InChI=1S/C10H18N2O/c1-3-10(4-5-11)12-6-7-13-9(2)8-12/h9-10H,3-4,6-8H2,1-2H3. The molecule has 3 heteroatoms. The van der Waals surface area contributed by atoms with Gasteiger partial charge in [0.25, 0.3) is 0 Å². The summed E-state index contributed by atoms with van der Waals surface area (Å²) < 4.78 is 5.46. The van der Waals surface area contributed by atoms with E-state index < -0.39 is 0 Å². The zero-order valence-corrected chi connectivity index (χ0v) is 8.49. The molecule has 0 aromatic carbocycles. The number of nitrogens with zero attached hydrogens (tertiary/aromatic N) is 2. The Kier molecular flexibility index (Phi) is 4.20. The van der Waals surface area contributed by atoms with Crippen molar-refractivity contribution in [3.05, 3.63) is 0 Å². The van der Waals surface area contributed by atoms with Crippen LogP contribution in [0.2, 0.25) is 0 Å². The minimum atomic E-state index is 0.321. The number of rotatable bonds is 3. The minimum Gasteiger partial charge on any atom is -0.376 e. The smallest absolute Gasteiger partial charge is 0.0674 e. The van der Waals surface area contributed by atoms with Gasteiger partial charge in [0.1, 0.15) is 0 Å². The van der Waals surface area contributed by atoms with Gasteiger partial charge in [-0.15, -0.1) is 0 Å². The molecule has 1 heterocycles. The predicted octanol–water partition coefficient (Wildman–Crippen LogP) is 1.40. The number of morpholine rings is 1. The molecular weight excluding hydrogens is 164 g/mol. The van der Waals surface area contributed by atoms with Crippen LogP contribution < -0.4 is 0 Å². The van der Waals surface area contributed by atoms with Crippen molar-refractivity contribution in [1.29, 1.82) is 5.26 Å². The van der Waals surface area contributed by atoms with Crippen LogP contribution in [0, 0.1) is 11.3 Å². The molecule has 0 aromatic heterocycles. The normalized spacial score (nSPS) is 26.7. The highest BCUT2D eigenvalue weighted by Gasteiger charge is 2.22. The molecule has 74 valence electrons. The van der Waals surface area contributed by atoms with Crippen LogP contribution in [0.3, 0.4) is 0 Å². The number of ether oxygens (including phenoxy) is 1. The fourth-order valence-electron chi connectivity index (χ4n) is 1.81. The molecule has 1 rings (SSSR count). The molecule has 1 fully saturated rings. The molecule has 1 saturated heterocycles. The Morgan fingerprint density at radius 1 is 1.69 bits per heavy atom. The van der Waals surface area contributed by atoms with E-state index in [-0.39, 0.29) is 0 Å². The second-order valence-corrected chi connectivity index (χ2v) is 3.60. The van der Waals surface area contributed by atoms with E-state index in [0.717, 1.165) is 26.1 Å². The first-order valence-electron chi connectivity index (χ1n) is 5.00. The van der Waals surface area contributed by atoms with Gasteiger partial charge < -0.3 is 4.74 Å². The van der Waals surface area contributed by atoms with Crippen LogP contribution in [0.4, 0.5) is 0 Å². The fraction of sp³-hybridized carbons (Fsp3) is 0.900. The Hall–Kier alpha value is -0.590. The highest BCUT2D eigenvalue weighted by Crippen LogP contribution is 2.13. The molecule has 0 saturated carbocycles. The van der Waals surface area contributed by atoms with Crippen LogP contribution >= 0.6 is 0 Å². The van der Waals surface area contributed by atoms with Gasteiger partial charge in [-0.1, -0.05) is 6.92 Å². The zero-order valence-electron chi connectivity index (χ0n) is 8.49. The monoisotopic (exact) mass is 182 g/mol. The van der Waals surface area contributed by atoms with Crippen LogP contribution in [0.15, 0.2) is 0 Å². The molecule has 0 amide bonds. The zero-order chi connectivity index (χ0) is 9.68. The van der Waals surface area contributed by atoms with E-state index in [4.69, 9.17) is 10.00 Å². The third kappa shape index (κ3) is 2.98. The maximum atomic E-state index is 8.66. The Labute approximate surface area is 80.3 Å². The van der Waals surface area contributed by atoms with E-state index in [2.05, 4.69) is 24.8 Å². The lowest BCUT2D eigenvalue weighted by Gasteiger charge is -2.35. The van der Waals surface area contributed by atoms with Gasteiger partial charge in [0, 0.05) is 19.1 Å². The fourth-order valence-corrected chi connectivity index (χ4v) is 1.81. The lowest BCUT2D eigenvalue weighted by Crippen LogP contribution is -2.46. The average molecular weight is 182 g/mol.